The van der Waals surface area contributed by atoms with Gasteiger partial charge in [-0.3, -0.25) is 4.79 Å². The van der Waals surface area contributed by atoms with E-state index in [1.807, 2.05) is 13.8 Å². The van der Waals surface area contributed by atoms with Crippen LogP contribution in [0, 0.1) is 5.92 Å². The SMILES string of the molecule is CC(C)CNC(=O)c1ccc(S(=O)(=O)NC(C)C)cc1. The maximum atomic E-state index is 11.9. The van der Waals surface area contributed by atoms with Crippen LogP contribution >= 0.6 is 0 Å². The topological polar surface area (TPSA) is 75.3 Å². The molecule has 1 aromatic carbocycles. The number of hydrogen-bond donors (Lipinski definition) is 2. The first-order valence-electron chi connectivity index (χ1n) is 6.63. The Morgan fingerprint density at radius 2 is 1.65 bits per heavy atom. The predicted octanol–water partition coefficient (Wildman–Crippen LogP) is 1.76. The quantitative estimate of drug-likeness (QED) is 0.840. The lowest BCUT2D eigenvalue weighted by Crippen LogP contribution is -2.30. The van der Waals surface area contributed by atoms with Crippen molar-refractivity contribution in [3.63, 3.8) is 0 Å². The Morgan fingerprint density at radius 1 is 1.10 bits per heavy atom. The molecule has 112 valence electrons. The summed E-state index contributed by atoms with van der Waals surface area (Å²) in [5.74, 6) is 0.174. The maximum absolute atomic E-state index is 11.9. The van der Waals surface area contributed by atoms with Crippen LogP contribution in [0.1, 0.15) is 38.1 Å². The van der Waals surface area contributed by atoms with E-state index in [1.165, 1.54) is 24.3 Å². The molecule has 0 unspecified atom stereocenters. The van der Waals surface area contributed by atoms with Crippen LogP contribution in [0.3, 0.4) is 0 Å². The van der Waals surface area contributed by atoms with E-state index in [2.05, 4.69) is 10.0 Å². The molecule has 0 heterocycles. The van der Waals surface area contributed by atoms with Crippen LogP contribution in [0.15, 0.2) is 29.2 Å². The standard InChI is InChI=1S/C14H22N2O3S/c1-10(2)9-15-14(17)12-5-7-13(8-6-12)20(18,19)16-11(3)4/h5-8,10-11,16H,9H2,1-4H3,(H,15,17). The highest BCUT2D eigenvalue weighted by Gasteiger charge is 2.15. The van der Waals surface area contributed by atoms with E-state index in [0.717, 1.165) is 0 Å². The van der Waals surface area contributed by atoms with E-state index in [1.54, 1.807) is 13.8 Å². The van der Waals surface area contributed by atoms with Gasteiger partial charge in [0.15, 0.2) is 0 Å². The van der Waals surface area contributed by atoms with Gasteiger partial charge < -0.3 is 5.32 Å². The molecule has 5 nitrogen and oxygen atoms in total. The average Bonchev–Trinajstić information content (AvgIpc) is 2.34. The van der Waals surface area contributed by atoms with Crippen molar-refractivity contribution in [3.8, 4) is 0 Å². The van der Waals surface area contributed by atoms with Gasteiger partial charge in [0.05, 0.1) is 4.90 Å². The first-order valence-corrected chi connectivity index (χ1v) is 8.11. The number of carbonyl (C=O) groups excluding carboxylic acids is 1. The minimum absolute atomic E-state index is 0.159. The van der Waals surface area contributed by atoms with Crippen LogP contribution in [0.25, 0.3) is 0 Å². The molecule has 0 radical (unpaired) electrons. The molecule has 0 aliphatic heterocycles. The predicted molar refractivity (Wildman–Crippen MR) is 79.1 cm³/mol. The summed E-state index contributed by atoms with van der Waals surface area (Å²) in [5, 5.41) is 2.78. The van der Waals surface area contributed by atoms with E-state index in [9.17, 15) is 13.2 Å². The number of nitrogens with one attached hydrogen (secondary N) is 2. The molecule has 1 amide bonds. The lowest BCUT2D eigenvalue weighted by Gasteiger charge is -2.10. The zero-order valence-corrected chi connectivity index (χ0v) is 13.1. The van der Waals surface area contributed by atoms with Crippen molar-refractivity contribution < 1.29 is 13.2 Å². The highest BCUT2D eigenvalue weighted by Crippen LogP contribution is 2.11. The highest BCUT2D eigenvalue weighted by atomic mass is 32.2. The van der Waals surface area contributed by atoms with Crippen molar-refractivity contribution in [2.75, 3.05) is 6.54 Å². The fraction of sp³-hybridized carbons (Fsp3) is 0.500. The molecule has 0 saturated heterocycles. The second-order valence-corrected chi connectivity index (χ2v) is 7.12. The van der Waals surface area contributed by atoms with Gasteiger partial charge in [-0.15, -0.1) is 0 Å². The molecule has 0 saturated carbocycles. The molecule has 0 fully saturated rings. The molecule has 0 spiro atoms. The number of sulfonamides is 1. The second kappa shape index (κ2) is 6.85. The highest BCUT2D eigenvalue weighted by molar-refractivity contribution is 7.89. The summed E-state index contributed by atoms with van der Waals surface area (Å²) in [5.41, 5.74) is 0.453. The van der Waals surface area contributed by atoms with Gasteiger partial charge in [0.2, 0.25) is 10.0 Å². The fourth-order valence-corrected chi connectivity index (χ4v) is 2.81. The van der Waals surface area contributed by atoms with Crippen molar-refractivity contribution in [1.82, 2.24) is 10.0 Å². The summed E-state index contributed by atoms with van der Waals surface area (Å²) in [7, 11) is -3.51. The van der Waals surface area contributed by atoms with E-state index in [-0.39, 0.29) is 16.8 Å². The molecular weight excluding hydrogens is 276 g/mol. The van der Waals surface area contributed by atoms with Crippen LogP contribution in [0.5, 0.6) is 0 Å². The van der Waals surface area contributed by atoms with Crippen molar-refractivity contribution in [1.29, 1.82) is 0 Å². The van der Waals surface area contributed by atoms with E-state index in [4.69, 9.17) is 0 Å². The average molecular weight is 298 g/mol. The van der Waals surface area contributed by atoms with Crippen molar-refractivity contribution in [3.05, 3.63) is 29.8 Å². The molecule has 0 aliphatic rings. The summed E-state index contributed by atoms with van der Waals surface area (Å²) >= 11 is 0. The Hall–Kier alpha value is -1.40. The fourth-order valence-electron chi connectivity index (χ4n) is 1.56. The summed E-state index contributed by atoms with van der Waals surface area (Å²) in [4.78, 5) is 12.0. The van der Waals surface area contributed by atoms with E-state index >= 15 is 0 Å². The van der Waals surface area contributed by atoms with Crippen LogP contribution in [-0.2, 0) is 10.0 Å². The zero-order valence-electron chi connectivity index (χ0n) is 12.3. The van der Waals surface area contributed by atoms with Gasteiger partial charge in [0.25, 0.3) is 5.91 Å². The molecule has 1 rings (SSSR count). The summed E-state index contributed by atoms with van der Waals surface area (Å²) in [6, 6.07) is 5.74. The zero-order chi connectivity index (χ0) is 15.3. The number of amides is 1. The third-order valence-corrected chi connectivity index (χ3v) is 4.16. The van der Waals surface area contributed by atoms with Crippen molar-refractivity contribution in [2.45, 2.75) is 38.6 Å². The number of hydrogen-bond acceptors (Lipinski definition) is 3. The van der Waals surface area contributed by atoms with Crippen molar-refractivity contribution >= 4 is 15.9 Å². The Kier molecular flexibility index (Phi) is 5.71. The third kappa shape index (κ3) is 4.94. The molecule has 2 N–H and O–H groups in total. The van der Waals surface area contributed by atoms with Gasteiger partial charge >= 0.3 is 0 Å². The van der Waals surface area contributed by atoms with Crippen LogP contribution in [0.4, 0.5) is 0 Å². The van der Waals surface area contributed by atoms with E-state index in [0.29, 0.717) is 18.0 Å². The second-order valence-electron chi connectivity index (χ2n) is 5.40. The molecule has 6 heteroatoms. The first-order chi connectivity index (χ1) is 9.22. The summed E-state index contributed by atoms with van der Waals surface area (Å²) < 4.78 is 26.4. The summed E-state index contributed by atoms with van der Waals surface area (Å²) in [6.07, 6.45) is 0. The maximum Gasteiger partial charge on any atom is 0.251 e. The normalized spacial score (nSPS) is 11.9. The minimum Gasteiger partial charge on any atom is -0.352 e. The Bertz CT molecular complexity index is 548. The van der Waals surface area contributed by atoms with Gasteiger partial charge in [-0.25, -0.2) is 13.1 Å². The lowest BCUT2D eigenvalue weighted by molar-refractivity contribution is 0.0949. The van der Waals surface area contributed by atoms with Gasteiger partial charge in [0, 0.05) is 18.2 Å². The molecule has 0 aromatic heterocycles. The molecule has 1 aromatic rings. The smallest absolute Gasteiger partial charge is 0.251 e. The molecule has 20 heavy (non-hydrogen) atoms. The molecular formula is C14H22N2O3S. The third-order valence-electron chi connectivity index (χ3n) is 2.49. The number of benzene rings is 1. The van der Waals surface area contributed by atoms with Gasteiger partial charge in [-0.05, 0) is 44.0 Å². The van der Waals surface area contributed by atoms with Gasteiger partial charge in [-0.2, -0.15) is 0 Å². The Morgan fingerprint density at radius 3 is 2.10 bits per heavy atom. The Labute approximate surface area is 120 Å². The monoisotopic (exact) mass is 298 g/mol. The largest absolute Gasteiger partial charge is 0.352 e. The molecule has 0 aliphatic carbocycles. The molecule has 0 atom stereocenters. The number of carbonyl (C=O) groups is 1. The van der Waals surface area contributed by atoms with E-state index < -0.39 is 10.0 Å². The lowest BCUT2D eigenvalue weighted by atomic mass is 10.2. The van der Waals surface area contributed by atoms with Gasteiger partial charge in [0.1, 0.15) is 0 Å². The van der Waals surface area contributed by atoms with Crippen LogP contribution in [-0.4, -0.2) is 26.9 Å². The van der Waals surface area contributed by atoms with Crippen LogP contribution in [0.2, 0.25) is 0 Å². The van der Waals surface area contributed by atoms with Crippen molar-refractivity contribution in [2.24, 2.45) is 5.92 Å². The minimum atomic E-state index is -3.51. The Balaban J connectivity index is 2.81. The first kappa shape index (κ1) is 16.7. The summed E-state index contributed by atoms with van der Waals surface area (Å²) in [6.45, 7) is 8.12. The van der Waals surface area contributed by atoms with Crippen LogP contribution < -0.4 is 10.0 Å². The number of rotatable bonds is 6. The molecule has 0 bridgehead atoms. The van der Waals surface area contributed by atoms with Gasteiger partial charge in [-0.1, -0.05) is 13.8 Å².